The summed E-state index contributed by atoms with van der Waals surface area (Å²) in [7, 11) is 1.26. The van der Waals surface area contributed by atoms with Gasteiger partial charge in [-0.25, -0.2) is 4.79 Å². The zero-order valence-electron chi connectivity index (χ0n) is 21.8. The minimum absolute atomic E-state index is 0.0298. The number of rotatable bonds is 5. The first-order valence-corrected chi connectivity index (χ1v) is 13.3. The first-order chi connectivity index (χ1) is 19.2. The minimum atomic E-state index is -4.61. The van der Waals surface area contributed by atoms with Crippen LogP contribution in [0.2, 0.25) is 0 Å². The van der Waals surface area contributed by atoms with E-state index in [0.29, 0.717) is 0 Å². The molecule has 1 amide bonds. The third-order valence-electron chi connectivity index (χ3n) is 8.19. The van der Waals surface area contributed by atoms with Gasteiger partial charge in [0.15, 0.2) is 5.78 Å². The first-order valence-electron chi connectivity index (χ1n) is 13.3. The van der Waals surface area contributed by atoms with Gasteiger partial charge in [-0.05, 0) is 53.3 Å². The summed E-state index contributed by atoms with van der Waals surface area (Å²) < 4.78 is 56.9. The molecule has 2 atom stereocenters. The number of ether oxygens (including phenoxy) is 3. The van der Waals surface area contributed by atoms with Gasteiger partial charge in [-0.15, -0.1) is 0 Å². The van der Waals surface area contributed by atoms with Crippen LogP contribution < -0.4 is 4.74 Å². The van der Waals surface area contributed by atoms with Crippen LogP contribution in [0.4, 0.5) is 18.0 Å². The zero-order valence-corrected chi connectivity index (χ0v) is 21.8. The summed E-state index contributed by atoms with van der Waals surface area (Å²) in [4.78, 5) is 28.4. The highest BCUT2D eigenvalue weighted by Crippen LogP contribution is 2.45. The monoisotopic (exact) mass is 551 g/mol. The molecule has 9 heteroatoms. The van der Waals surface area contributed by atoms with Crippen molar-refractivity contribution < 1.29 is 37.0 Å². The third kappa shape index (κ3) is 4.72. The minimum Gasteiger partial charge on any atom is -0.497 e. The van der Waals surface area contributed by atoms with Crippen LogP contribution in [0.3, 0.4) is 0 Å². The van der Waals surface area contributed by atoms with Crippen molar-refractivity contribution in [1.29, 1.82) is 0 Å². The highest BCUT2D eigenvalue weighted by Gasteiger charge is 2.45. The molecule has 0 spiro atoms. The molecule has 2 heterocycles. The van der Waals surface area contributed by atoms with E-state index in [4.69, 9.17) is 14.2 Å². The van der Waals surface area contributed by atoms with Gasteiger partial charge in [-0.2, -0.15) is 13.2 Å². The fourth-order valence-corrected chi connectivity index (χ4v) is 6.35. The molecule has 1 aliphatic carbocycles. The molecule has 0 saturated carbocycles. The number of Topliss-reactive ketones (excluding diaryl/α,β-unsaturated/α-hetero) is 1. The third-order valence-corrected chi connectivity index (χ3v) is 8.19. The molecule has 2 bridgehead atoms. The summed E-state index contributed by atoms with van der Waals surface area (Å²) in [5.74, 6) is -1.06. The van der Waals surface area contributed by atoms with Crippen molar-refractivity contribution in [3.63, 3.8) is 0 Å². The van der Waals surface area contributed by atoms with Gasteiger partial charge < -0.3 is 14.2 Å². The smallest absolute Gasteiger partial charge is 0.416 e. The lowest BCUT2D eigenvalue weighted by molar-refractivity contribution is -0.137. The van der Waals surface area contributed by atoms with Crippen molar-refractivity contribution in [2.75, 3.05) is 26.9 Å². The Morgan fingerprint density at radius 3 is 2.10 bits per heavy atom. The maximum absolute atomic E-state index is 13.4. The van der Waals surface area contributed by atoms with Crippen molar-refractivity contribution in [2.45, 2.75) is 37.0 Å². The molecule has 208 valence electrons. The lowest BCUT2D eigenvalue weighted by atomic mass is 9.80. The fourth-order valence-electron chi connectivity index (χ4n) is 6.35. The molecule has 2 unspecified atom stereocenters. The summed E-state index contributed by atoms with van der Waals surface area (Å²) in [6, 6.07) is 18.4. The van der Waals surface area contributed by atoms with E-state index in [2.05, 4.69) is 24.3 Å². The SMILES string of the molecule is COc1cc(C(=O)C2CC3COCC(C2)N3C(=O)OCC2c3ccccc3-c3ccccc32)cc(C(F)(F)F)c1. The van der Waals surface area contributed by atoms with Gasteiger partial charge in [-0.1, -0.05) is 48.5 Å². The Morgan fingerprint density at radius 2 is 1.52 bits per heavy atom. The van der Waals surface area contributed by atoms with E-state index in [1.807, 2.05) is 24.3 Å². The average Bonchev–Trinajstić information content (AvgIpc) is 3.27. The van der Waals surface area contributed by atoms with Gasteiger partial charge in [0.2, 0.25) is 0 Å². The highest BCUT2D eigenvalue weighted by molar-refractivity contribution is 5.98. The predicted octanol–water partition coefficient (Wildman–Crippen LogP) is 6.33. The van der Waals surface area contributed by atoms with Gasteiger partial charge >= 0.3 is 12.3 Å². The average molecular weight is 552 g/mol. The van der Waals surface area contributed by atoms with Crippen molar-refractivity contribution >= 4 is 11.9 Å². The Hall–Kier alpha value is -3.85. The molecule has 3 aromatic carbocycles. The van der Waals surface area contributed by atoms with Gasteiger partial charge in [0.05, 0.1) is 38.0 Å². The lowest BCUT2D eigenvalue weighted by Crippen LogP contribution is -2.60. The molecule has 3 aliphatic rings. The van der Waals surface area contributed by atoms with Gasteiger partial charge in [0.1, 0.15) is 12.4 Å². The van der Waals surface area contributed by atoms with E-state index >= 15 is 0 Å². The number of piperidine rings is 1. The maximum Gasteiger partial charge on any atom is 0.416 e. The van der Waals surface area contributed by atoms with Gasteiger partial charge in [-0.3, -0.25) is 9.69 Å². The number of amides is 1. The van der Waals surface area contributed by atoms with Gasteiger partial charge in [0.25, 0.3) is 0 Å². The molecule has 6 rings (SSSR count). The number of halogens is 3. The fraction of sp³-hybridized carbons (Fsp3) is 0.355. The van der Waals surface area contributed by atoms with Crippen LogP contribution >= 0.6 is 0 Å². The Labute approximate surface area is 229 Å². The normalized spacial score (nSPS) is 21.9. The molecule has 2 aliphatic heterocycles. The van der Waals surface area contributed by atoms with E-state index < -0.39 is 41.6 Å². The van der Waals surface area contributed by atoms with Crippen molar-refractivity contribution in [3.05, 3.63) is 89.0 Å². The van der Waals surface area contributed by atoms with E-state index in [-0.39, 0.29) is 49.9 Å². The molecule has 0 radical (unpaired) electrons. The van der Waals surface area contributed by atoms with Crippen LogP contribution in [0.25, 0.3) is 11.1 Å². The second kappa shape index (κ2) is 10.3. The first kappa shape index (κ1) is 26.4. The summed E-state index contributed by atoms with van der Waals surface area (Å²) >= 11 is 0. The molecular weight excluding hydrogens is 523 g/mol. The zero-order chi connectivity index (χ0) is 28.0. The van der Waals surface area contributed by atoms with Gasteiger partial charge in [0, 0.05) is 17.4 Å². The quantitative estimate of drug-likeness (QED) is 0.347. The van der Waals surface area contributed by atoms with Crippen LogP contribution in [0.1, 0.15) is 45.8 Å². The summed E-state index contributed by atoms with van der Waals surface area (Å²) in [5, 5.41) is 0. The largest absolute Gasteiger partial charge is 0.497 e. The standard InChI is InChI=1S/C31H28F3NO5/c1-38-23-13-18(10-20(14-23)31(32,33)34)29(36)19-11-21-15-39-16-22(12-19)35(21)30(37)40-17-28-26-8-4-2-6-24(26)25-7-3-5-9-27(25)28/h2-10,13-14,19,21-22,28H,11-12,15-17H2,1H3. The number of morpholine rings is 1. The number of hydrogen-bond acceptors (Lipinski definition) is 5. The number of nitrogens with zero attached hydrogens (tertiary/aromatic N) is 1. The van der Waals surface area contributed by atoms with E-state index in [0.717, 1.165) is 34.4 Å². The highest BCUT2D eigenvalue weighted by atomic mass is 19.4. The molecular formula is C31H28F3NO5. The van der Waals surface area contributed by atoms with Crippen molar-refractivity contribution in [3.8, 4) is 16.9 Å². The van der Waals surface area contributed by atoms with Crippen LogP contribution in [0.15, 0.2) is 66.7 Å². The predicted molar refractivity (Wildman–Crippen MR) is 140 cm³/mol. The van der Waals surface area contributed by atoms with E-state index in [1.54, 1.807) is 4.90 Å². The Bertz CT molecular complexity index is 1400. The molecule has 40 heavy (non-hydrogen) atoms. The Balaban J connectivity index is 1.17. The van der Waals surface area contributed by atoms with Crippen LogP contribution in [-0.2, 0) is 15.7 Å². The number of carbonyl (C=O) groups excluding carboxylic acids is 2. The number of carbonyl (C=O) groups is 2. The number of hydrogen-bond donors (Lipinski definition) is 0. The second-order valence-electron chi connectivity index (χ2n) is 10.5. The molecule has 0 N–H and O–H groups in total. The maximum atomic E-state index is 13.4. The van der Waals surface area contributed by atoms with E-state index in [1.165, 1.54) is 13.2 Å². The van der Waals surface area contributed by atoms with Crippen LogP contribution in [0, 0.1) is 5.92 Å². The van der Waals surface area contributed by atoms with Crippen molar-refractivity contribution in [2.24, 2.45) is 5.92 Å². The topological polar surface area (TPSA) is 65.1 Å². The molecule has 0 aromatic heterocycles. The van der Waals surface area contributed by atoms with E-state index in [9.17, 15) is 22.8 Å². The number of alkyl halides is 3. The molecule has 2 saturated heterocycles. The summed E-state index contributed by atoms with van der Waals surface area (Å²) in [6.07, 6.45) is -4.52. The number of ketones is 1. The number of fused-ring (bicyclic) bond motifs is 5. The molecule has 2 fully saturated rings. The number of benzene rings is 3. The molecule has 6 nitrogen and oxygen atoms in total. The number of methoxy groups -OCH3 is 1. The summed E-state index contributed by atoms with van der Waals surface area (Å²) in [6.45, 7) is 0.642. The second-order valence-corrected chi connectivity index (χ2v) is 10.5. The Morgan fingerprint density at radius 1 is 0.925 bits per heavy atom. The lowest BCUT2D eigenvalue weighted by Gasteiger charge is -2.47. The van der Waals surface area contributed by atoms with Crippen molar-refractivity contribution in [1.82, 2.24) is 4.90 Å². The van der Waals surface area contributed by atoms with Crippen LogP contribution in [0.5, 0.6) is 5.75 Å². The molecule has 3 aromatic rings. The summed E-state index contributed by atoms with van der Waals surface area (Å²) in [5.41, 5.74) is 3.51. The van der Waals surface area contributed by atoms with Crippen LogP contribution in [-0.4, -0.2) is 55.8 Å². The Kier molecular flexibility index (Phi) is 6.78.